The number of hydrogen-bond donors (Lipinski definition) is 1. The lowest BCUT2D eigenvalue weighted by atomic mass is 9.94. The van der Waals surface area contributed by atoms with Gasteiger partial charge in [-0.3, -0.25) is 0 Å². The SMILES string of the molecule is Cc1ccc(-c2ccccc2)cc1-c1c2c(cc[n+]1C)[Si]1(CCCCC1)NCC2. The lowest BCUT2D eigenvalue weighted by molar-refractivity contribution is -0.660. The minimum absolute atomic E-state index is 1.14. The summed E-state index contributed by atoms with van der Waals surface area (Å²) in [4.78, 5) is 4.07. The Balaban J connectivity index is 1.69. The molecule has 2 nitrogen and oxygen atoms in total. The highest BCUT2D eigenvalue weighted by atomic mass is 28.3. The van der Waals surface area contributed by atoms with E-state index in [0.717, 1.165) is 13.0 Å². The van der Waals surface area contributed by atoms with Crippen molar-refractivity contribution in [3.63, 3.8) is 0 Å². The van der Waals surface area contributed by atoms with Crippen LogP contribution in [0.5, 0.6) is 0 Å². The van der Waals surface area contributed by atoms with Gasteiger partial charge in [0.25, 0.3) is 0 Å². The minimum Gasteiger partial charge on any atom is -0.333 e. The summed E-state index contributed by atoms with van der Waals surface area (Å²) in [5.41, 5.74) is 8.43. The van der Waals surface area contributed by atoms with Crippen LogP contribution in [0.15, 0.2) is 60.8 Å². The first-order chi connectivity index (χ1) is 14.2. The van der Waals surface area contributed by atoms with E-state index in [9.17, 15) is 0 Å². The molecule has 2 aliphatic rings. The third-order valence-corrected chi connectivity index (χ3v) is 11.9. The van der Waals surface area contributed by atoms with Crippen molar-refractivity contribution < 1.29 is 4.57 Å². The maximum Gasteiger partial charge on any atom is 0.215 e. The first-order valence-corrected chi connectivity index (χ1v) is 13.5. The van der Waals surface area contributed by atoms with Crippen molar-refractivity contribution in [3.8, 4) is 22.4 Å². The Labute approximate surface area is 175 Å². The summed E-state index contributed by atoms with van der Waals surface area (Å²) in [7, 11) is 0.688. The first kappa shape index (κ1) is 18.8. The van der Waals surface area contributed by atoms with Crippen molar-refractivity contribution in [3.05, 3.63) is 71.9 Å². The standard InChI is InChI=1S/C26H31N2Si/c1-20-11-12-22(21-9-5-3-6-10-21)19-24(20)26-23-13-15-27-29(17-7-4-8-18-29)25(23)14-16-28(26)2/h3,5-6,9-12,14,16,19,27H,4,7-8,13,15,17-18H2,1-2H3/q+1. The maximum absolute atomic E-state index is 4.07. The number of hydrogen-bond acceptors (Lipinski definition) is 1. The molecule has 0 saturated carbocycles. The van der Waals surface area contributed by atoms with Gasteiger partial charge >= 0.3 is 0 Å². The minimum atomic E-state index is -1.54. The quantitative estimate of drug-likeness (QED) is 0.490. The van der Waals surface area contributed by atoms with E-state index in [1.807, 2.05) is 0 Å². The zero-order valence-electron chi connectivity index (χ0n) is 17.7. The van der Waals surface area contributed by atoms with Gasteiger partial charge in [-0.25, -0.2) is 4.57 Å². The molecule has 1 aromatic heterocycles. The molecule has 0 aliphatic carbocycles. The number of benzene rings is 2. The lowest BCUT2D eigenvalue weighted by Crippen LogP contribution is -2.66. The molecule has 0 atom stereocenters. The number of nitrogens with zero attached hydrogens (tertiary/aromatic N) is 1. The van der Waals surface area contributed by atoms with E-state index >= 15 is 0 Å². The molecule has 5 rings (SSSR count). The molecule has 0 amide bonds. The van der Waals surface area contributed by atoms with Gasteiger partial charge in [0.15, 0.2) is 14.4 Å². The Morgan fingerprint density at radius 2 is 1.69 bits per heavy atom. The predicted octanol–water partition coefficient (Wildman–Crippen LogP) is 4.64. The normalized spacial score (nSPS) is 17.9. The molecule has 3 aromatic rings. The fourth-order valence-electron chi connectivity index (χ4n) is 5.57. The fourth-order valence-corrected chi connectivity index (χ4v) is 10.4. The molecular formula is C26H31N2Si+. The molecule has 0 bridgehead atoms. The van der Waals surface area contributed by atoms with Gasteiger partial charge in [0.2, 0.25) is 5.69 Å². The van der Waals surface area contributed by atoms with Crippen LogP contribution in [-0.4, -0.2) is 14.8 Å². The molecule has 3 heterocycles. The molecule has 148 valence electrons. The van der Waals surface area contributed by atoms with Gasteiger partial charge < -0.3 is 4.98 Å². The Morgan fingerprint density at radius 3 is 2.48 bits per heavy atom. The van der Waals surface area contributed by atoms with E-state index in [0.29, 0.717) is 0 Å². The molecular weight excluding hydrogens is 368 g/mol. The molecule has 1 fully saturated rings. The van der Waals surface area contributed by atoms with E-state index in [1.165, 1.54) is 59.3 Å². The average Bonchev–Trinajstić information content (AvgIpc) is 2.76. The summed E-state index contributed by atoms with van der Waals surface area (Å²) < 4.78 is 2.37. The third-order valence-electron chi connectivity index (χ3n) is 7.09. The fraction of sp³-hybridized carbons (Fsp3) is 0.346. The van der Waals surface area contributed by atoms with Gasteiger partial charge in [-0.1, -0.05) is 61.7 Å². The van der Waals surface area contributed by atoms with Crippen LogP contribution in [0.4, 0.5) is 0 Å². The topological polar surface area (TPSA) is 15.9 Å². The van der Waals surface area contributed by atoms with Crippen molar-refractivity contribution in [2.45, 2.75) is 44.7 Å². The number of aryl methyl sites for hydroxylation is 2. The summed E-state index contributed by atoms with van der Waals surface area (Å²) in [6.07, 6.45) is 7.68. The van der Waals surface area contributed by atoms with Crippen LogP contribution in [0.25, 0.3) is 22.4 Å². The third kappa shape index (κ3) is 3.27. The van der Waals surface area contributed by atoms with Crippen LogP contribution in [-0.2, 0) is 13.5 Å². The Hall–Kier alpha value is -2.23. The first-order valence-electron chi connectivity index (χ1n) is 11.1. The van der Waals surface area contributed by atoms with Crippen LogP contribution in [0, 0.1) is 6.92 Å². The summed E-state index contributed by atoms with van der Waals surface area (Å²) in [5, 5.41) is 1.70. The number of rotatable bonds is 2. The highest BCUT2D eigenvalue weighted by molar-refractivity contribution is 6.90. The van der Waals surface area contributed by atoms with Gasteiger partial charge in [0.1, 0.15) is 7.05 Å². The van der Waals surface area contributed by atoms with Crippen molar-refractivity contribution in [2.24, 2.45) is 7.05 Å². The Kier molecular flexibility index (Phi) is 4.88. The summed E-state index contributed by atoms with van der Waals surface area (Å²) in [6, 6.07) is 23.0. The van der Waals surface area contributed by atoms with Crippen LogP contribution < -0.4 is 14.7 Å². The highest BCUT2D eigenvalue weighted by Gasteiger charge is 2.42. The van der Waals surface area contributed by atoms with Gasteiger partial charge in [0.05, 0.1) is 0 Å². The number of nitrogens with one attached hydrogen (secondary N) is 1. The molecule has 3 heteroatoms. The van der Waals surface area contributed by atoms with Crippen molar-refractivity contribution in [1.29, 1.82) is 0 Å². The molecule has 1 saturated heterocycles. The lowest BCUT2D eigenvalue weighted by Gasteiger charge is -2.40. The highest BCUT2D eigenvalue weighted by Crippen LogP contribution is 2.33. The van der Waals surface area contributed by atoms with Gasteiger partial charge in [-0.05, 0) is 59.9 Å². The molecule has 29 heavy (non-hydrogen) atoms. The number of pyridine rings is 1. The smallest absolute Gasteiger partial charge is 0.215 e. The largest absolute Gasteiger partial charge is 0.333 e. The van der Waals surface area contributed by atoms with Gasteiger partial charge in [0, 0.05) is 17.2 Å². The predicted molar refractivity (Wildman–Crippen MR) is 124 cm³/mol. The number of fused-ring (bicyclic) bond motifs is 2. The van der Waals surface area contributed by atoms with Crippen LogP contribution in [0.3, 0.4) is 0 Å². The second-order valence-corrected chi connectivity index (χ2v) is 12.9. The summed E-state index contributed by atoms with van der Waals surface area (Å²) >= 11 is 0. The molecule has 0 unspecified atom stereocenters. The summed E-state index contributed by atoms with van der Waals surface area (Å²) in [6.45, 7) is 3.41. The number of aromatic nitrogens is 1. The average molecular weight is 400 g/mol. The zero-order valence-corrected chi connectivity index (χ0v) is 18.7. The van der Waals surface area contributed by atoms with Gasteiger partial charge in [-0.15, -0.1) is 0 Å². The molecule has 1 spiro atoms. The van der Waals surface area contributed by atoms with Crippen molar-refractivity contribution in [2.75, 3.05) is 6.54 Å². The van der Waals surface area contributed by atoms with E-state index in [1.54, 1.807) is 10.8 Å². The van der Waals surface area contributed by atoms with Crippen molar-refractivity contribution in [1.82, 2.24) is 4.98 Å². The monoisotopic (exact) mass is 399 g/mol. The molecule has 2 aliphatic heterocycles. The van der Waals surface area contributed by atoms with Crippen LogP contribution in [0.1, 0.15) is 30.4 Å². The van der Waals surface area contributed by atoms with Crippen molar-refractivity contribution >= 4 is 13.4 Å². The summed E-state index contributed by atoms with van der Waals surface area (Å²) in [5.74, 6) is 0. The molecule has 2 aromatic carbocycles. The Morgan fingerprint density at radius 1 is 0.897 bits per heavy atom. The van der Waals surface area contributed by atoms with Crippen LogP contribution >= 0.6 is 0 Å². The second-order valence-electron chi connectivity index (χ2n) is 8.88. The van der Waals surface area contributed by atoms with Crippen LogP contribution in [0.2, 0.25) is 12.1 Å². The van der Waals surface area contributed by atoms with E-state index in [4.69, 9.17) is 0 Å². The Bertz CT molecular complexity index is 1040. The van der Waals surface area contributed by atoms with Gasteiger partial charge in [-0.2, -0.15) is 0 Å². The molecule has 1 N–H and O–H groups in total. The molecule has 0 radical (unpaired) electrons. The second kappa shape index (κ2) is 7.55. The zero-order chi connectivity index (χ0) is 19.8. The maximum atomic E-state index is 4.07. The van der Waals surface area contributed by atoms with E-state index < -0.39 is 8.24 Å². The van der Waals surface area contributed by atoms with E-state index in [2.05, 4.69) is 84.3 Å². The van der Waals surface area contributed by atoms with E-state index in [-0.39, 0.29) is 0 Å².